The van der Waals surface area contributed by atoms with Crippen molar-refractivity contribution in [2.45, 2.75) is 18.8 Å². The molecule has 5 aromatic rings. The van der Waals surface area contributed by atoms with Crippen molar-refractivity contribution < 1.29 is 22.3 Å². The smallest absolute Gasteiger partial charge is 0.0939 e. The van der Waals surface area contributed by atoms with Gasteiger partial charge in [0, 0.05) is 53.2 Å². The molecule has 0 fully saturated rings. The van der Waals surface area contributed by atoms with Gasteiger partial charge in [0.05, 0.1) is 33.9 Å². The predicted octanol–water partition coefficient (Wildman–Crippen LogP) is 4.45. The van der Waals surface area contributed by atoms with Crippen LogP contribution in [-0.2, 0) is 28.6 Å². The Bertz CT molecular complexity index is 1310. The number of pyridine rings is 5. The minimum absolute atomic E-state index is 0. The number of nitrogens with zero attached hydrogens (tertiary/aromatic N) is 5. The van der Waals surface area contributed by atoms with Crippen LogP contribution in [0.15, 0.2) is 110 Å². The van der Waals surface area contributed by atoms with Gasteiger partial charge in [-0.25, -0.2) is 0 Å². The van der Waals surface area contributed by atoms with Crippen LogP contribution in [0, 0.1) is 0 Å². The average molecular weight is 506 g/mol. The van der Waals surface area contributed by atoms with Crippen molar-refractivity contribution in [3.8, 4) is 11.4 Å². The third-order valence-electron chi connectivity index (χ3n) is 5.77. The van der Waals surface area contributed by atoms with Crippen molar-refractivity contribution in [3.63, 3.8) is 0 Å². The largest absolute Gasteiger partial charge is 0.412 e. The van der Waals surface area contributed by atoms with Gasteiger partial charge < -0.3 is 5.48 Å². The average Bonchev–Trinajstić information content (AvgIpc) is 2.90. The molecular formula is C28H25CoN5O. The Morgan fingerprint density at radius 2 is 1.06 bits per heavy atom. The van der Waals surface area contributed by atoms with E-state index < -0.39 is 5.41 Å². The van der Waals surface area contributed by atoms with Crippen LogP contribution < -0.4 is 0 Å². The molecule has 0 atom stereocenters. The van der Waals surface area contributed by atoms with E-state index in [9.17, 15) is 0 Å². The Labute approximate surface area is 215 Å². The molecule has 35 heavy (non-hydrogen) atoms. The second-order valence-electron chi connectivity index (χ2n) is 7.98. The maximum atomic E-state index is 5.06. The van der Waals surface area contributed by atoms with Crippen molar-refractivity contribution in [1.82, 2.24) is 24.9 Å². The molecule has 0 saturated carbocycles. The maximum Gasteiger partial charge on any atom is 0.0939 e. The van der Waals surface area contributed by atoms with Crippen LogP contribution >= 0.6 is 0 Å². The summed E-state index contributed by atoms with van der Waals surface area (Å²) in [6.45, 7) is 2.13. The van der Waals surface area contributed by atoms with E-state index in [0.717, 1.165) is 39.9 Å². The number of hydrogen-bond donors (Lipinski definition) is 0. The van der Waals surface area contributed by atoms with Crippen molar-refractivity contribution in [1.29, 1.82) is 0 Å². The number of hydrogen-bond acceptors (Lipinski definition) is 5. The number of rotatable bonds is 6. The fourth-order valence-electron chi connectivity index (χ4n) is 3.99. The molecule has 0 unspecified atom stereocenters. The molecule has 5 rings (SSSR count). The van der Waals surface area contributed by atoms with Crippen molar-refractivity contribution in [2.75, 3.05) is 0 Å². The molecule has 0 bridgehead atoms. The molecule has 0 aromatic carbocycles. The summed E-state index contributed by atoms with van der Waals surface area (Å²) in [5.41, 5.74) is 5.74. The number of aromatic nitrogens is 5. The predicted molar refractivity (Wildman–Crippen MR) is 132 cm³/mol. The first-order valence-electron chi connectivity index (χ1n) is 10.9. The molecule has 5 aromatic heterocycles. The van der Waals surface area contributed by atoms with E-state index in [1.54, 1.807) is 6.20 Å². The van der Waals surface area contributed by atoms with Gasteiger partial charge in [0.2, 0.25) is 0 Å². The van der Waals surface area contributed by atoms with Crippen LogP contribution in [0.4, 0.5) is 0 Å². The van der Waals surface area contributed by atoms with E-state index in [0.29, 0.717) is 6.42 Å². The van der Waals surface area contributed by atoms with Crippen LogP contribution in [0.1, 0.15) is 35.4 Å². The molecule has 5 heterocycles. The maximum absolute atomic E-state index is 5.06. The normalized spacial score (nSPS) is 10.7. The molecule has 0 aliphatic carbocycles. The molecular weight excluding hydrogens is 481 g/mol. The van der Waals surface area contributed by atoms with Crippen LogP contribution in [0.2, 0.25) is 0 Å². The second kappa shape index (κ2) is 11.6. The summed E-state index contributed by atoms with van der Waals surface area (Å²) in [6.07, 6.45) is 6.03. The van der Waals surface area contributed by atoms with E-state index >= 15 is 0 Å². The molecule has 7 heteroatoms. The van der Waals surface area contributed by atoms with E-state index in [1.165, 1.54) is 0 Å². The van der Waals surface area contributed by atoms with Gasteiger partial charge in [0.25, 0.3) is 0 Å². The van der Waals surface area contributed by atoms with Crippen LogP contribution in [0.3, 0.4) is 0 Å². The quantitative estimate of drug-likeness (QED) is 0.339. The molecule has 177 valence electrons. The first-order valence-corrected chi connectivity index (χ1v) is 10.9. The summed E-state index contributed by atoms with van der Waals surface area (Å²) in [4.78, 5) is 23.6. The Morgan fingerprint density at radius 1 is 0.543 bits per heavy atom. The van der Waals surface area contributed by atoms with Gasteiger partial charge in [-0.15, -0.1) is 0 Å². The molecule has 0 saturated heterocycles. The Balaban J connectivity index is 0.00000171. The van der Waals surface area contributed by atoms with Crippen LogP contribution in [-0.4, -0.2) is 30.4 Å². The monoisotopic (exact) mass is 506 g/mol. The topological polar surface area (TPSA) is 96.0 Å². The van der Waals surface area contributed by atoms with E-state index in [4.69, 9.17) is 9.97 Å². The molecule has 6 nitrogen and oxygen atoms in total. The summed E-state index contributed by atoms with van der Waals surface area (Å²) in [5, 5.41) is 0. The standard InChI is InChI=1S/C28H23N5.Co.H2O/c1-28(25-14-3-6-18-30-25,26-15-4-7-19-31-26)27-16-9-11-22(33-27)20-21-10-8-13-24(32-21)23-12-2-5-17-29-23;;/h2-19H,20H2,1H3;;1H2. The summed E-state index contributed by atoms with van der Waals surface area (Å²) < 4.78 is 0. The molecule has 0 aliphatic heterocycles. The van der Waals surface area contributed by atoms with E-state index in [1.807, 2.05) is 103 Å². The van der Waals surface area contributed by atoms with Crippen molar-refractivity contribution in [3.05, 3.63) is 138 Å². The van der Waals surface area contributed by atoms with Gasteiger partial charge in [-0.05, 0) is 67.6 Å². The molecule has 0 aliphatic rings. The third-order valence-corrected chi connectivity index (χ3v) is 5.77. The zero-order valence-corrected chi connectivity index (χ0v) is 20.2. The first kappa shape index (κ1) is 25.8. The van der Waals surface area contributed by atoms with Gasteiger partial charge in [0.1, 0.15) is 0 Å². The second-order valence-corrected chi connectivity index (χ2v) is 7.98. The first-order chi connectivity index (χ1) is 16.2. The third kappa shape index (κ3) is 5.49. The van der Waals surface area contributed by atoms with Crippen LogP contribution in [0.5, 0.6) is 0 Å². The van der Waals surface area contributed by atoms with Gasteiger partial charge >= 0.3 is 0 Å². The summed E-state index contributed by atoms with van der Waals surface area (Å²) >= 11 is 0. The summed E-state index contributed by atoms with van der Waals surface area (Å²) in [5.74, 6) is 0. The minimum atomic E-state index is -0.582. The summed E-state index contributed by atoms with van der Waals surface area (Å²) in [6, 6.07) is 29.9. The Kier molecular flexibility index (Phi) is 8.54. The van der Waals surface area contributed by atoms with Gasteiger partial charge in [-0.1, -0.05) is 30.3 Å². The van der Waals surface area contributed by atoms with Crippen molar-refractivity contribution in [2.24, 2.45) is 0 Å². The Morgan fingerprint density at radius 3 is 1.63 bits per heavy atom. The fourth-order valence-corrected chi connectivity index (χ4v) is 3.99. The van der Waals surface area contributed by atoms with Gasteiger partial charge in [-0.2, -0.15) is 0 Å². The van der Waals surface area contributed by atoms with Gasteiger partial charge in [0.15, 0.2) is 0 Å². The SMILES string of the molecule is CC(c1ccccn1)(c1ccccn1)c1cccc(Cc2cccc(-c3ccccn3)n2)n1.O.[Co]. The zero-order valence-electron chi connectivity index (χ0n) is 19.2. The molecule has 2 N–H and O–H groups in total. The van der Waals surface area contributed by atoms with E-state index in [2.05, 4.69) is 21.9 Å². The van der Waals surface area contributed by atoms with Crippen molar-refractivity contribution >= 4 is 0 Å². The molecule has 0 amide bonds. The molecule has 0 spiro atoms. The van der Waals surface area contributed by atoms with E-state index in [-0.39, 0.29) is 22.3 Å². The summed E-state index contributed by atoms with van der Waals surface area (Å²) in [7, 11) is 0. The Hall–Kier alpha value is -3.78. The van der Waals surface area contributed by atoms with Gasteiger partial charge in [-0.3, -0.25) is 24.9 Å². The fraction of sp³-hybridized carbons (Fsp3) is 0.107. The molecule has 1 radical (unpaired) electrons. The minimum Gasteiger partial charge on any atom is -0.412 e. The zero-order chi connectivity index (χ0) is 22.5. The van der Waals surface area contributed by atoms with Crippen LogP contribution in [0.25, 0.3) is 11.4 Å².